The van der Waals surface area contributed by atoms with Gasteiger partial charge in [0, 0.05) is 17.5 Å². The zero-order valence-corrected chi connectivity index (χ0v) is 17.8. The van der Waals surface area contributed by atoms with Crippen LogP contribution in [0.25, 0.3) is 10.8 Å². The Kier molecular flexibility index (Phi) is 5.86. The standard InChI is InChI=1S/C24H23N3O2S/c1-3-16-10-6-8-15(2)22(16)26-24-27-23(29)20(30-24)14-21(28)25-19-13-7-11-17-9-4-5-12-18(17)19/h4-13,20H,3,14H2,1-2H3,(H,25,28)(H,26,27,29)/t20-/m0/s1. The Balaban J connectivity index is 1.47. The van der Waals surface area contributed by atoms with Crippen LogP contribution in [0.3, 0.4) is 0 Å². The largest absolute Gasteiger partial charge is 0.325 e. The number of hydrogen-bond acceptors (Lipinski definition) is 4. The van der Waals surface area contributed by atoms with E-state index in [1.165, 1.54) is 11.8 Å². The summed E-state index contributed by atoms with van der Waals surface area (Å²) in [6.07, 6.45) is 0.955. The lowest BCUT2D eigenvalue weighted by Crippen LogP contribution is -2.28. The minimum absolute atomic E-state index is 0.0904. The summed E-state index contributed by atoms with van der Waals surface area (Å²) in [6, 6.07) is 19.7. The van der Waals surface area contributed by atoms with Crippen LogP contribution >= 0.6 is 11.8 Å². The van der Waals surface area contributed by atoms with Crippen LogP contribution in [0.4, 0.5) is 11.4 Å². The number of amides is 2. The fourth-order valence-electron chi connectivity index (χ4n) is 3.56. The average molecular weight is 418 g/mol. The van der Waals surface area contributed by atoms with Gasteiger partial charge < -0.3 is 10.6 Å². The molecule has 0 aliphatic carbocycles. The molecular weight excluding hydrogens is 394 g/mol. The maximum Gasteiger partial charge on any atom is 0.240 e. The van der Waals surface area contributed by atoms with E-state index in [4.69, 9.17) is 0 Å². The summed E-state index contributed by atoms with van der Waals surface area (Å²) in [6.45, 7) is 4.09. The normalized spacial score (nSPS) is 17.3. The third kappa shape index (κ3) is 4.24. The highest BCUT2D eigenvalue weighted by atomic mass is 32.2. The number of benzene rings is 3. The van der Waals surface area contributed by atoms with Crippen LogP contribution in [0.1, 0.15) is 24.5 Å². The van der Waals surface area contributed by atoms with E-state index in [-0.39, 0.29) is 18.2 Å². The van der Waals surface area contributed by atoms with E-state index in [1.807, 2.05) is 67.6 Å². The van der Waals surface area contributed by atoms with Gasteiger partial charge in [-0.05, 0) is 35.9 Å². The maximum atomic E-state index is 12.6. The summed E-state index contributed by atoms with van der Waals surface area (Å²) in [7, 11) is 0. The van der Waals surface area contributed by atoms with Gasteiger partial charge in [-0.2, -0.15) is 0 Å². The molecule has 6 heteroatoms. The van der Waals surface area contributed by atoms with Gasteiger partial charge in [-0.3, -0.25) is 9.59 Å². The van der Waals surface area contributed by atoms with Gasteiger partial charge in [0.2, 0.25) is 11.8 Å². The van der Waals surface area contributed by atoms with Crippen molar-refractivity contribution in [3.63, 3.8) is 0 Å². The lowest BCUT2D eigenvalue weighted by atomic mass is 10.1. The molecule has 0 radical (unpaired) electrons. The van der Waals surface area contributed by atoms with Crippen molar-refractivity contribution in [3.8, 4) is 0 Å². The number of amidine groups is 1. The van der Waals surface area contributed by atoms with Gasteiger partial charge in [0.25, 0.3) is 0 Å². The molecule has 4 rings (SSSR count). The molecule has 1 heterocycles. The lowest BCUT2D eigenvalue weighted by molar-refractivity contribution is -0.122. The highest BCUT2D eigenvalue weighted by molar-refractivity contribution is 8.15. The number of hydrogen-bond donors (Lipinski definition) is 2. The Hall–Kier alpha value is -3.12. The minimum Gasteiger partial charge on any atom is -0.325 e. The number of anilines is 1. The number of fused-ring (bicyclic) bond motifs is 1. The van der Waals surface area contributed by atoms with E-state index >= 15 is 0 Å². The molecule has 3 aromatic rings. The summed E-state index contributed by atoms with van der Waals surface area (Å²) < 4.78 is 0. The second kappa shape index (κ2) is 8.71. The summed E-state index contributed by atoms with van der Waals surface area (Å²) in [5.74, 6) is -0.371. The molecule has 2 amide bonds. The molecule has 1 aliphatic rings. The number of nitrogens with zero attached hydrogens (tertiary/aromatic N) is 1. The molecule has 1 fully saturated rings. The molecule has 1 aliphatic heterocycles. The first-order chi connectivity index (χ1) is 14.5. The Morgan fingerprint density at radius 2 is 1.87 bits per heavy atom. The zero-order valence-electron chi connectivity index (χ0n) is 16.9. The van der Waals surface area contributed by atoms with Gasteiger partial charge >= 0.3 is 0 Å². The van der Waals surface area contributed by atoms with Crippen molar-refractivity contribution in [2.75, 3.05) is 5.32 Å². The second-order valence-corrected chi connectivity index (χ2v) is 8.42. The lowest BCUT2D eigenvalue weighted by Gasteiger charge is -2.10. The third-order valence-corrected chi connectivity index (χ3v) is 6.21. The molecule has 1 saturated heterocycles. The number of aryl methyl sites for hydroxylation is 2. The Morgan fingerprint density at radius 3 is 2.70 bits per heavy atom. The van der Waals surface area contributed by atoms with Crippen LogP contribution < -0.4 is 10.6 Å². The van der Waals surface area contributed by atoms with Gasteiger partial charge in [0.05, 0.1) is 5.69 Å². The molecule has 2 N–H and O–H groups in total. The molecule has 5 nitrogen and oxygen atoms in total. The van der Waals surface area contributed by atoms with Gasteiger partial charge in [0.15, 0.2) is 5.17 Å². The fraction of sp³-hybridized carbons (Fsp3) is 0.208. The number of thioether (sulfide) groups is 1. The van der Waals surface area contributed by atoms with Crippen molar-refractivity contribution < 1.29 is 9.59 Å². The van der Waals surface area contributed by atoms with Gasteiger partial charge in [-0.15, -0.1) is 0 Å². The molecule has 0 unspecified atom stereocenters. The SMILES string of the molecule is CCc1cccc(C)c1N=C1NC(=O)[C@H](CC(=O)Nc2cccc3ccccc23)S1. The van der Waals surface area contributed by atoms with E-state index in [0.717, 1.165) is 39.7 Å². The molecule has 0 aromatic heterocycles. The van der Waals surface area contributed by atoms with Crippen LogP contribution in [0.2, 0.25) is 0 Å². The highest BCUT2D eigenvalue weighted by Crippen LogP contribution is 2.30. The maximum absolute atomic E-state index is 12.6. The van der Waals surface area contributed by atoms with E-state index in [0.29, 0.717) is 5.17 Å². The summed E-state index contributed by atoms with van der Waals surface area (Å²) >= 11 is 1.31. The Bertz CT molecular complexity index is 1150. The predicted octanol–water partition coefficient (Wildman–Crippen LogP) is 4.96. The van der Waals surface area contributed by atoms with Crippen molar-refractivity contribution in [1.29, 1.82) is 0 Å². The van der Waals surface area contributed by atoms with Crippen LogP contribution in [0.15, 0.2) is 65.7 Å². The Labute approximate surface area is 180 Å². The highest BCUT2D eigenvalue weighted by Gasteiger charge is 2.32. The predicted molar refractivity (Wildman–Crippen MR) is 124 cm³/mol. The molecule has 0 bridgehead atoms. The molecule has 30 heavy (non-hydrogen) atoms. The number of nitrogens with one attached hydrogen (secondary N) is 2. The topological polar surface area (TPSA) is 70.6 Å². The number of rotatable bonds is 5. The first kappa shape index (κ1) is 20.2. The number of para-hydroxylation sites is 1. The second-order valence-electron chi connectivity index (χ2n) is 7.23. The third-order valence-electron chi connectivity index (χ3n) is 5.13. The summed E-state index contributed by atoms with van der Waals surface area (Å²) in [4.78, 5) is 29.7. The van der Waals surface area contributed by atoms with Crippen LogP contribution in [-0.4, -0.2) is 22.2 Å². The van der Waals surface area contributed by atoms with Crippen molar-refractivity contribution in [3.05, 3.63) is 71.8 Å². The summed E-state index contributed by atoms with van der Waals surface area (Å²) in [5.41, 5.74) is 3.84. The quantitative estimate of drug-likeness (QED) is 0.616. The van der Waals surface area contributed by atoms with Crippen LogP contribution in [0, 0.1) is 6.92 Å². The number of carbonyl (C=O) groups is 2. The smallest absolute Gasteiger partial charge is 0.240 e. The molecule has 1 atom stereocenters. The molecule has 0 saturated carbocycles. The molecular formula is C24H23N3O2S. The average Bonchev–Trinajstić information content (AvgIpc) is 3.08. The van der Waals surface area contributed by atoms with Crippen molar-refractivity contribution in [2.24, 2.45) is 4.99 Å². The van der Waals surface area contributed by atoms with Crippen LogP contribution in [-0.2, 0) is 16.0 Å². The van der Waals surface area contributed by atoms with Gasteiger partial charge in [-0.1, -0.05) is 73.3 Å². The Morgan fingerprint density at radius 1 is 1.10 bits per heavy atom. The molecule has 3 aromatic carbocycles. The van der Waals surface area contributed by atoms with Crippen LogP contribution in [0.5, 0.6) is 0 Å². The zero-order chi connectivity index (χ0) is 21.1. The van der Waals surface area contributed by atoms with Gasteiger partial charge in [0.1, 0.15) is 5.25 Å². The minimum atomic E-state index is -0.493. The fourth-order valence-corrected chi connectivity index (χ4v) is 4.54. The van der Waals surface area contributed by atoms with E-state index in [2.05, 4.69) is 22.5 Å². The van der Waals surface area contributed by atoms with E-state index in [1.54, 1.807) is 0 Å². The van der Waals surface area contributed by atoms with Crippen molar-refractivity contribution in [2.45, 2.75) is 31.9 Å². The van der Waals surface area contributed by atoms with Crippen molar-refractivity contribution >= 4 is 50.9 Å². The summed E-state index contributed by atoms with van der Waals surface area (Å²) in [5, 5.41) is 7.87. The van der Waals surface area contributed by atoms with E-state index in [9.17, 15) is 9.59 Å². The first-order valence-corrected chi connectivity index (χ1v) is 10.9. The van der Waals surface area contributed by atoms with Crippen molar-refractivity contribution in [1.82, 2.24) is 5.32 Å². The van der Waals surface area contributed by atoms with E-state index < -0.39 is 5.25 Å². The first-order valence-electron chi connectivity index (χ1n) is 9.97. The molecule has 0 spiro atoms. The monoisotopic (exact) mass is 417 g/mol. The van der Waals surface area contributed by atoms with Gasteiger partial charge in [-0.25, -0.2) is 4.99 Å². The number of carbonyl (C=O) groups excluding carboxylic acids is 2. The number of aliphatic imine (C=N–C) groups is 1. The molecule has 152 valence electrons.